The van der Waals surface area contributed by atoms with Crippen molar-refractivity contribution >= 4 is 5.91 Å². The third-order valence-corrected chi connectivity index (χ3v) is 5.07. The smallest absolute Gasteiger partial charge is 0.248 e. The molecule has 1 amide bonds. The van der Waals surface area contributed by atoms with Crippen LogP contribution >= 0.6 is 0 Å². The van der Waals surface area contributed by atoms with Gasteiger partial charge in [-0.2, -0.15) is 0 Å². The Hall–Kier alpha value is -1.59. The Bertz CT molecular complexity index is 526. The van der Waals surface area contributed by atoms with Crippen LogP contribution in [0.3, 0.4) is 0 Å². The summed E-state index contributed by atoms with van der Waals surface area (Å²) in [6.45, 7) is 3.91. The zero-order chi connectivity index (χ0) is 16.8. The molecule has 0 unspecified atom stereocenters. The van der Waals surface area contributed by atoms with Gasteiger partial charge in [0.25, 0.3) is 0 Å². The third kappa shape index (κ3) is 4.48. The van der Waals surface area contributed by atoms with Crippen molar-refractivity contribution < 1.29 is 14.3 Å². The van der Waals surface area contributed by atoms with Crippen LogP contribution in [0.4, 0.5) is 0 Å². The molecule has 2 fully saturated rings. The number of piperidine rings is 1. The zero-order valence-electron chi connectivity index (χ0n) is 14.5. The number of rotatable bonds is 6. The minimum absolute atomic E-state index is 0.147. The van der Waals surface area contributed by atoms with Crippen LogP contribution < -0.4 is 10.1 Å². The topological polar surface area (TPSA) is 50.8 Å². The molecule has 2 saturated heterocycles. The van der Waals surface area contributed by atoms with E-state index >= 15 is 0 Å². The van der Waals surface area contributed by atoms with Crippen LogP contribution in [-0.4, -0.2) is 56.8 Å². The van der Waals surface area contributed by atoms with Gasteiger partial charge in [-0.05, 0) is 49.9 Å². The van der Waals surface area contributed by atoms with E-state index in [1.54, 1.807) is 7.11 Å². The fraction of sp³-hybridized carbons (Fsp3) is 0.632. The van der Waals surface area contributed by atoms with Crippen LogP contribution in [-0.2, 0) is 16.0 Å². The monoisotopic (exact) mass is 332 g/mol. The maximum Gasteiger partial charge on any atom is 0.248 e. The highest BCUT2D eigenvalue weighted by atomic mass is 16.5. The van der Waals surface area contributed by atoms with Crippen LogP contribution in [0.15, 0.2) is 24.3 Å². The summed E-state index contributed by atoms with van der Waals surface area (Å²) in [7, 11) is 1.68. The first-order chi connectivity index (χ1) is 11.8. The average Bonchev–Trinajstić information content (AvgIpc) is 3.16. The van der Waals surface area contributed by atoms with Crippen molar-refractivity contribution in [1.29, 1.82) is 0 Å². The molecule has 0 radical (unpaired) electrons. The summed E-state index contributed by atoms with van der Waals surface area (Å²) in [4.78, 5) is 14.1. The molecule has 2 aliphatic heterocycles. The number of benzene rings is 1. The molecule has 1 N–H and O–H groups in total. The van der Waals surface area contributed by atoms with Gasteiger partial charge in [0.05, 0.1) is 13.2 Å². The average molecular weight is 332 g/mol. The van der Waals surface area contributed by atoms with Crippen LogP contribution in [0.2, 0.25) is 0 Å². The molecule has 0 aliphatic carbocycles. The van der Waals surface area contributed by atoms with Crippen molar-refractivity contribution in [3.8, 4) is 5.75 Å². The van der Waals surface area contributed by atoms with Crippen LogP contribution in [0.1, 0.15) is 24.8 Å². The summed E-state index contributed by atoms with van der Waals surface area (Å²) in [6, 6.07) is 8.22. The van der Waals surface area contributed by atoms with E-state index in [1.165, 1.54) is 5.56 Å². The van der Waals surface area contributed by atoms with E-state index in [-0.39, 0.29) is 18.6 Å². The van der Waals surface area contributed by atoms with E-state index < -0.39 is 0 Å². The highest BCUT2D eigenvalue weighted by Gasteiger charge is 2.27. The van der Waals surface area contributed by atoms with Gasteiger partial charge in [0, 0.05) is 25.6 Å². The summed E-state index contributed by atoms with van der Waals surface area (Å²) in [6.07, 6.45) is 4.33. The SMILES string of the molecule is COc1ccc(C[C@H]2CNCC[C@H]2OCC(=O)N2CCCC2)cc1. The number of carbonyl (C=O) groups is 1. The molecular weight excluding hydrogens is 304 g/mol. The molecule has 1 aromatic rings. The number of likely N-dealkylation sites (tertiary alicyclic amines) is 1. The molecule has 2 atom stereocenters. The van der Waals surface area contributed by atoms with Gasteiger partial charge in [-0.3, -0.25) is 4.79 Å². The molecule has 2 heterocycles. The highest BCUT2D eigenvalue weighted by molar-refractivity contribution is 5.77. The highest BCUT2D eigenvalue weighted by Crippen LogP contribution is 2.22. The Morgan fingerprint density at radius 1 is 1.25 bits per heavy atom. The van der Waals surface area contributed by atoms with Crippen molar-refractivity contribution in [2.45, 2.75) is 31.8 Å². The van der Waals surface area contributed by atoms with Crippen molar-refractivity contribution in [2.75, 3.05) is 39.9 Å². The Balaban J connectivity index is 1.53. The predicted molar refractivity (Wildman–Crippen MR) is 93.2 cm³/mol. The predicted octanol–water partition coefficient (Wildman–Crippen LogP) is 1.85. The van der Waals surface area contributed by atoms with E-state index in [2.05, 4.69) is 17.4 Å². The van der Waals surface area contributed by atoms with Gasteiger partial charge in [-0.15, -0.1) is 0 Å². The Kier molecular flexibility index (Phi) is 6.10. The molecule has 1 aromatic carbocycles. The summed E-state index contributed by atoms with van der Waals surface area (Å²) in [5.41, 5.74) is 1.28. The lowest BCUT2D eigenvalue weighted by atomic mass is 9.89. The van der Waals surface area contributed by atoms with Gasteiger partial charge in [-0.25, -0.2) is 0 Å². The number of methoxy groups -OCH3 is 1. The molecule has 0 spiro atoms. The first-order valence-electron chi connectivity index (χ1n) is 8.99. The number of hydrogen-bond donors (Lipinski definition) is 1. The second kappa shape index (κ2) is 8.49. The quantitative estimate of drug-likeness (QED) is 0.864. The van der Waals surface area contributed by atoms with Crippen LogP contribution in [0.5, 0.6) is 5.75 Å². The zero-order valence-corrected chi connectivity index (χ0v) is 14.5. The number of hydrogen-bond acceptors (Lipinski definition) is 4. The summed E-state index contributed by atoms with van der Waals surface area (Å²) >= 11 is 0. The standard InChI is InChI=1S/C19H28N2O3/c1-23-17-6-4-15(5-7-17)12-16-13-20-9-8-18(16)24-14-19(22)21-10-2-3-11-21/h4-7,16,18,20H,2-3,8-14H2,1H3/t16-,18+/m0/s1. The Labute approximate surface area is 144 Å². The second-order valence-electron chi connectivity index (χ2n) is 6.74. The summed E-state index contributed by atoms with van der Waals surface area (Å²) in [5, 5.41) is 3.45. The number of nitrogens with one attached hydrogen (secondary N) is 1. The van der Waals surface area contributed by atoms with E-state index in [9.17, 15) is 4.79 Å². The van der Waals surface area contributed by atoms with E-state index in [0.29, 0.717) is 5.92 Å². The van der Waals surface area contributed by atoms with Gasteiger partial charge >= 0.3 is 0 Å². The fourth-order valence-corrected chi connectivity index (χ4v) is 3.62. The molecule has 3 rings (SSSR count). The van der Waals surface area contributed by atoms with E-state index in [0.717, 1.165) is 57.6 Å². The number of ether oxygens (including phenoxy) is 2. The first kappa shape index (κ1) is 17.2. The second-order valence-corrected chi connectivity index (χ2v) is 6.74. The summed E-state index contributed by atoms with van der Waals surface area (Å²) < 4.78 is 11.2. The fourth-order valence-electron chi connectivity index (χ4n) is 3.62. The van der Waals surface area contributed by atoms with Crippen LogP contribution in [0, 0.1) is 5.92 Å². The van der Waals surface area contributed by atoms with Gasteiger partial charge in [0.2, 0.25) is 5.91 Å². The van der Waals surface area contributed by atoms with E-state index in [4.69, 9.17) is 9.47 Å². The minimum Gasteiger partial charge on any atom is -0.497 e. The largest absolute Gasteiger partial charge is 0.497 e. The van der Waals surface area contributed by atoms with Crippen LogP contribution in [0.25, 0.3) is 0 Å². The molecule has 0 aromatic heterocycles. The maximum atomic E-state index is 12.2. The van der Waals surface area contributed by atoms with Gasteiger partial charge in [0.1, 0.15) is 12.4 Å². The lowest BCUT2D eigenvalue weighted by molar-refractivity contribution is -0.138. The Morgan fingerprint density at radius 2 is 2.00 bits per heavy atom. The van der Waals surface area contributed by atoms with Crippen molar-refractivity contribution in [2.24, 2.45) is 5.92 Å². The third-order valence-electron chi connectivity index (χ3n) is 5.07. The molecule has 0 saturated carbocycles. The number of carbonyl (C=O) groups excluding carboxylic acids is 1. The van der Waals surface area contributed by atoms with Gasteiger partial charge in [-0.1, -0.05) is 12.1 Å². The van der Waals surface area contributed by atoms with Gasteiger partial charge < -0.3 is 19.7 Å². The van der Waals surface area contributed by atoms with Gasteiger partial charge in [0.15, 0.2) is 0 Å². The van der Waals surface area contributed by atoms with Crippen molar-refractivity contribution in [3.05, 3.63) is 29.8 Å². The lowest BCUT2D eigenvalue weighted by Gasteiger charge is -2.32. The Morgan fingerprint density at radius 3 is 2.71 bits per heavy atom. The molecule has 2 aliphatic rings. The van der Waals surface area contributed by atoms with Crippen molar-refractivity contribution in [1.82, 2.24) is 10.2 Å². The summed E-state index contributed by atoms with van der Waals surface area (Å²) in [5.74, 6) is 1.43. The minimum atomic E-state index is 0.147. The molecule has 24 heavy (non-hydrogen) atoms. The molecule has 5 heteroatoms. The number of amides is 1. The van der Waals surface area contributed by atoms with E-state index in [1.807, 2.05) is 17.0 Å². The molecule has 0 bridgehead atoms. The first-order valence-corrected chi connectivity index (χ1v) is 8.99. The maximum absolute atomic E-state index is 12.2. The lowest BCUT2D eigenvalue weighted by Crippen LogP contribution is -2.44. The molecule has 132 valence electrons. The van der Waals surface area contributed by atoms with Crippen molar-refractivity contribution in [3.63, 3.8) is 0 Å². The molecular formula is C19H28N2O3. The molecule has 5 nitrogen and oxygen atoms in total. The normalized spacial score (nSPS) is 24.1. The number of nitrogens with zero attached hydrogens (tertiary/aromatic N) is 1.